The lowest BCUT2D eigenvalue weighted by molar-refractivity contribution is -0.117. The molecule has 1 heterocycles. The Bertz CT molecular complexity index is 711. The molecule has 0 aromatic heterocycles. The van der Waals surface area contributed by atoms with Crippen LogP contribution in [0.2, 0.25) is 0 Å². The Labute approximate surface area is 179 Å². The predicted octanol–water partition coefficient (Wildman–Crippen LogP) is 6.65. The highest BCUT2D eigenvalue weighted by atomic mass is 16.2. The first-order chi connectivity index (χ1) is 13.8. The van der Waals surface area contributed by atoms with Crippen molar-refractivity contribution in [1.82, 2.24) is 5.32 Å². The molecule has 1 aliphatic carbocycles. The molecule has 3 rings (SSSR count). The topological polar surface area (TPSA) is 32.3 Å². The molecule has 2 aliphatic rings. The van der Waals surface area contributed by atoms with Crippen LogP contribution in [0.4, 0.5) is 5.69 Å². The molecule has 1 saturated carbocycles. The molecule has 1 aliphatic heterocycles. The van der Waals surface area contributed by atoms with Gasteiger partial charge in [0, 0.05) is 30.7 Å². The summed E-state index contributed by atoms with van der Waals surface area (Å²) in [5.74, 6) is 1.18. The van der Waals surface area contributed by atoms with Gasteiger partial charge in [-0.2, -0.15) is 0 Å². The fourth-order valence-electron chi connectivity index (χ4n) is 4.87. The van der Waals surface area contributed by atoms with Crippen LogP contribution in [-0.2, 0) is 4.79 Å². The van der Waals surface area contributed by atoms with Crippen LogP contribution in [-0.4, -0.2) is 18.0 Å². The van der Waals surface area contributed by atoms with Gasteiger partial charge in [0.15, 0.2) is 0 Å². The number of para-hydroxylation sites is 1. The number of anilines is 1. The van der Waals surface area contributed by atoms with Crippen LogP contribution < -0.4 is 10.2 Å². The monoisotopic (exact) mass is 398 g/mol. The second-order valence-corrected chi connectivity index (χ2v) is 8.91. The van der Waals surface area contributed by atoms with E-state index in [0.29, 0.717) is 23.9 Å². The van der Waals surface area contributed by atoms with Crippen LogP contribution in [0.1, 0.15) is 92.7 Å². The van der Waals surface area contributed by atoms with E-state index in [2.05, 4.69) is 58.1 Å². The maximum absolute atomic E-state index is 12.3. The highest BCUT2D eigenvalue weighted by molar-refractivity contribution is 5.93. The van der Waals surface area contributed by atoms with Crippen molar-refractivity contribution in [3.63, 3.8) is 0 Å². The number of nitrogens with zero attached hydrogens (tertiary/aromatic N) is 1. The lowest BCUT2D eigenvalue weighted by Gasteiger charge is -2.45. The zero-order valence-corrected chi connectivity index (χ0v) is 19.9. The van der Waals surface area contributed by atoms with Crippen molar-refractivity contribution in [2.24, 2.45) is 11.8 Å². The fourth-order valence-corrected chi connectivity index (χ4v) is 4.87. The molecule has 3 heteroatoms. The zero-order chi connectivity index (χ0) is 21.7. The Morgan fingerprint density at radius 3 is 2.21 bits per heavy atom. The number of amides is 1. The summed E-state index contributed by atoms with van der Waals surface area (Å²) >= 11 is 0. The normalized spacial score (nSPS) is 26.5. The molecule has 0 bridgehead atoms. The van der Waals surface area contributed by atoms with Crippen LogP contribution in [0.15, 0.2) is 35.4 Å². The number of hydrogen-bond acceptors (Lipinski definition) is 2. The number of carbonyl (C=O) groups is 1. The van der Waals surface area contributed by atoms with Gasteiger partial charge in [-0.1, -0.05) is 64.0 Å². The summed E-state index contributed by atoms with van der Waals surface area (Å²) in [6, 6.07) is 9.52. The van der Waals surface area contributed by atoms with Crippen molar-refractivity contribution >= 4 is 11.6 Å². The maximum atomic E-state index is 12.3. The average molecular weight is 399 g/mol. The standard InChI is InChI=1S/C24H36N2O.C2H6/c1-15(2)16(3)20-11-13-21(14-12-20)25-24-17(4)18(5)26(19(6)27)23-10-8-7-9-22(23)24;1-2/h7-10,15,17-18,21,24-25H,11-14H2,1-6H3;1-2H3. The zero-order valence-electron chi connectivity index (χ0n) is 19.9. The predicted molar refractivity (Wildman–Crippen MR) is 125 cm³/mol. The summed E-state index contributed by atoms with van der Waals surface area (Å²) in [7, 11) is 0. The molecule has 1 aromatic rings. The van der Waals surface area contributed by atoms with Crippen LogP contribution in [0.25, 0.3) is 0 Å². The van der Waals surface area contributed by atoms with Crippen molar-refractivity contribution in [3.8, 4) is 0 Å². The largest absolute Gasteiger partial charge is 0.309 e. The van der Waals surface area contributed by atoms with E-state index >= 15 is 0 Å². The third-order valence-corrected chi connectivity index (χ3v) is 6.99. The molecule has 3 atom stereocenters. The molecule has 0 radical (unpaired) electrons. The van der Waals surface area contributed by atoms with Gasteiger partial charge in [0.1, 0.15) is 0 Å². The molecule has 0 saturated heterocycles. The highest BCUT2D eigenvalue weighted by Gasteiger charge is 2.38. The average Bonchev–Trinajstić information content (AvgIpc) is 2.72. The van der Waals surface area contributed by atoms with E-state index in [9.17, 15) is 4.79 Å². The molecular weight excluding hydrogens is 356 g/mol. The molecule has 3 nitrogen and oxygen atoms in total. The molecule has 0 spiro atoms. The van der Waals surface area contributed by atoms with Gasteiger partial charge in [-0.3, -0.25) is 4.79 Å². The molecule has 29 heavy (non-hydrogen) atoms. The molecular formula is C26H42N2O. The summed E-state index contributed by atoms with van der Waals surface area (Å²) in [5.41, 5.74) is 5.63. The van der Waals surface area contributed by atoms with E-state index in [1.807, 2.05) is 24.8 Å². The molecule has 1 fully saturated rings. The van der Waals surface area contributed by atoms with Crippen LogP contribution >= 0.6 is 0 Å². The molecule has 3 unspecified atom stereocenters. The SMILES string of the molecule is CC.CC(=O)N1c2ccccc2C(NC2CCC(=C(C)C(C)C)CC2)C(C)C1C. The second-order valence-electron chi connectivity index (χ2n) is 8.91. The third kappa shape index (κ3) is 5.12. The summed E-state index contributed by atoms with van der Waals surface area (Å²) in [4.78, 5) is 14.2. The van der Waals surface area contributed by atoms with Gasteiger partial charge in [0.2, 0.25) is 5.91 Å². The number of allylic oxidation sites excluding steroid dienone is 2. The lowest BCUT2D eigenvalue weighted by Crippen LogP contribution is -2.51. The summed E-state index contributed by atoms with van der Waals surface area (Å²) in [6.45, 7) is 17.1. The van der Waals surface area contributed by atoms with Crippen LogP contribution in [0.3, 0.4) is 0 Å². The van der Waals surface area contributed by atoms with E-state index in [1.165, 1.54) is 31.2 Å². The Kier molecular flexibility index (Phi) is 8.51. The van der Waals surface area contributed by atoms with Gasteiger partial charge in [-0.25, -0.2) is 0 Å². The van der Waals surface area contributed by atoms with Gasteiger partial charge in [0.25, 0.3) is 0 Å². The van der Waals surface area contributed by atoms with E-state index in [1.54, 1.807) is 18.1 Å². The summed E-state index contributed by atoms with van der Waals surface area (Å²) in [5, 5.41) is 3.98. The van der Waals surface area contributed by atoms with Crippen LogP contribution in [0, 0.1) is 11.8 Å². The Balaban J connectivity index is 0.00000145. The number of nitrogens with one attached hydrogen (secondary N) is 1. The fraction of sp³-hybridized carbons (Fsp3) is 0.654. The third-order valence-electron chi connectivity index (χ3n) is 6.99. The maximum Gasteiger partial charge on any atom is 0.224 e. The van der Waals surface area contributed by atoms with Crippen molar-refractivity contribution in [3.05, 3.63) is 41.0 Å². The number of carbonyl (C=O) groups excluding carboxylic acids is 1. The first kappa shape index (κ1) is 23.7. The van der Waals surface area contributed by atoms with E-state index in [0.717, 1.165) is 5.69 Å². The van der Waals surface area contributed by atoms with Gasteiger partial charge in [0.05, 0.1) is 0 Å². The van der Waals surface area contributed by atoms with Crippen molar-refractivity contribution in [2.75, 3.05) is 4.90 Å². The Morgan fingerprint density at radius 1 is 1.07 bits per heavy atom. The molecule has 1 N–H and O–H groups in total. The number of benzene rings is 1. The molecule has 1 amide bonds. The number of hydrogen-bond donors (Lipinski definition) is 1. The molecule has 1 aromatic carbocycles. The van der Waals surface area contributed by atoms with Gasteiger partial charge >= 0.3 is 0 Å². The molecule has 162 valence electrons. The minimum atomic E-state index is 0.136. The van der Waals surface area contributed by atoms with E-state index in [4.69, 9.17) is 0 Å². The number of fused-ring (bicyclic) bond motifs is 1. The highest BCUT2D eigenvalue weighted by Crippen LogP contribution is 2.41. The summed E-state index contributed by atoms with van der Waals surface area (Å²) < 4.78 is 0. The van der Waals surface area contributed by atoms with Crippen molar-refractivity contribution < 1.29 is 4.79 Å². The minimum absolute atomic E-state index is 0.136. The first-order valence-corrected chi connectivity index (χ1v) is 11.6. The second kappa shape index (κ2) is 10.4. The number of rotatable bonds is 3. The summed E-state index contributed by atoms with van der Waals surface area (Å²) in [6.07, 6.45) is 4.88. The van der Waals surface area contributed by atoms with E-state index < -0.39 is 0 Å². The Hall–Kier alpha value is -1.61. The Morgan fingerprint density at radius 2 is 1.66 bits per heavy atom. The van der Waals surface area contributed by atoms with E-state index in [-0.39, 0.29) is 11.9 Å². The first-order valence-electron chi connectivity index (χ1n) is 11.6. The van der Waals surface area contributed by atoms with Gasteiger partial charge in [-0.05, 0) is 63.0 Å². The minimum Gasteiger partial charge on any atom is -0.309 e. The van der Waals surface area contributed by atoms with Crippen LogP contribution in [0.5, 0.6) is 0 Å². The van der Waals surface area contributed by atoms with Crippen molar-refractivity contribution in [1.29, 1.82) is 0 Å². The van der Waals surface area contributed by atoms with Gasteiger partial charge in [-0.15, -0.1) is 0 Å². The quantitative estimate of drug-likeness (QED) is 0.578. The van der Waals surface area contributed by atoms with Crippen molar-refractivity contribution in [2.45, 2.75) is 99.2 Å². The van der Waals surface area contributed by atoms with Gasteiger partial charge < -0.3 is 10.2 Å². The smallest absolute Gasteiger partial charge is 0.224 e. The lowest BCUT2D eigenvalue weighted by atomic mass is 9.80.